The van der Waals surface area contributed by atoms with E-state index in [0.717, 1.165) is 44.5 Å². The van der Waals surface area contributed by atoms with Crippen molar-refractivity contribution >= 4 is 97.5 Å². The average molecular weight is 927 g/mol. The predicted molar refractivity (Wildman–Crippen MR) is 221 cm³/mol. The molecule has 0 aliphatic heterocycles. The van der Waals surface area contributed by atoms with Gasteiger partial charge in [-0.05, 0) is 12.1 Å². The van der Waals surface area contributed by atoms with Crippen molar-refractivity contribution in [1.82, 2.24) is 19.5 Å². The van der Waals surface area contributed by atoms with Crippen LogP contribution in [0.1, 0.15) is 53.1 Å². The number of hydrogen-bond acceptors (Lipinski definition) is 19. The Morgan fingerprint density at radius 3 is 1.69 bits per heavy atom. The van der Waals surface area contributed by atoms with Crippen LogP contribution in [0.5, 0.6) is 0 Å². The molecule has 0 atom stereocenters. The number of nitrogens with zero attached hydrogens (tertiary/aromatic N) is 3. The first kappa shape index (κ1) is 52.8. The first-order valence-corrected chi connectivity index (χ1v) is 19.5. The van der Waals surface area contributed by atoms with Crippen LogP contribution in [0.25, 0.3) is 21.8 Å². The van der Waals surface area contributed by atoms with Crippen LogP contribution in [-0.2, 0) is 54.3 Å². The van der Waals surface area contributed by atoms with E-state index in [0.29, 0.717) is 11.1 Å². The Labute approximate surface area is 389 Å². The molecule has 0 amide bonds. The number of rotatable bonds is 14. The summed E-state index contributed by atoms with van der Waals surface area (Å²) in [5.74, 6) is -3.15. The van der Waals surface area contributed by atoms with Crippen molar-refractivity contribution in [3.8, 4) is 0 Å². The molecule has 0 aliphatic carbocycles. The van der Waals surface area contributed by atoms with Gasteiger partial charge in [0.25, 0.3) is 0 Å². The number of methoxy groups -OCH3 is 5. The van der Waals surface area contributed by atoms with Crippen molar-refractivity contribution in [1.29, 1.82) is 0 Å². The van der Waals surface area contributed by atoms with E-state index in [4.69, 9.17) is 21.4 Å². The zero-order valence-electron chi connectivity index (χ0n) is 35.2. The van der Waals surface area contributed by atoms with Gasteiger partial charge in [0.1, 0.15) is 32.6 Å². The van der Waals surface area contributed by atoms with Gasteiger partial charge in [-0.2, -0.15) is 0 Å². The number of hydrogen-bond donors (Lipinski definition) is 2. The number of fused-ring (bicyclic) bond motifs is 2. The van der Waals surface area contributed by atoms with E-state index in [2.05, 4.69) is 43.4 Å². The number of aromatic amines is 1. The molecule has 6 aromatic rings. The van der Waals surface area contributed by atoms with Gasteiger partial charge in [0, 0.05) is 39.4 Å². The van der Waals surface area contributed by atoms with Gasteiger partial charge in [0.2, 0.25) is 11.6 Å². The third kappa shape index (κ3) is 15.2. The van der Waals surface area contributed by atoms with Crippen LogP contribution in [0.15, 0.2) is 71.7 Å². The summed E-state index contributed by atoms with van der Waals surface area (Å²) < 4.78 is 33.5. The molecule has 0 fully saturated rings. The Morgan fingerprint density at radius 1 is 0.694 bits per heavy atom. The molecule has 0 unspecified atom stereocenters. The number of nitrogens with one attached hydrogen (secondary N) is 1. The summed E-state index contributed by atoms with van der Waals surface area (Å²) >= 11 is 7.28. The maximum atomic E-state index is 12.9. The molecule has 0 radical (unpaired) electrons. The van der Waals surface area contributed by atoms with Gasteiger partial charge < -0.3 is 49.2 Å². The van der Waals surface area contributed by atoms with E-state index in [-0.39, 0.29) is 90.0 Å². The van der Waals surface area contributed by atoms with Crippen molar-refractivity contribution in [3.05, 3.63) is 104 Å². The molecule has 0 bridgehead atoms. The van der Waals surface area contributed by atoms with Crippen molar-refractivity contribution in [3.63, 3.8) is 0 Å². The number of ether oxygens (including phenoxy) is 7. The molecule has 2 aromatic carbocycles. The zero-order chi connectivity index (χ0) is 44.9. The third-order valence-corrected chi connectivity index (χ3v) is 9.45. The summed E-state index contributed by atoms with van der Waals surface area (Å²) in [6, 6.07) is 14.9. The maximum Gasteiger partial charge on any atom is 1.00 e. The van der Waals surface area contributed by atoms with Crippen molar-refractivity contribution in [2.24, 2.45) is 0 Å². The van der Waals surface area contributed by atoms with E-state index in [1.165, 1.54) is 46.3 Å². The average Bonchev–Trinajstić information content (AvgIpc) is 4.14. The van der Waals surface area contributed by atoms with Crippen LogP contribution in [0, 0.1) is 0 Å². The maximum absolute atomic E-state index is 12.9. The second kappa shape index (κ2) is 27.6. The van der Waals surface area contributed by atoms with Gasteiger partial charge in [-0.25, -0.2) is 33.9 Å². The number of carbonyl (C=O) groups is 7. The second-order valence-electron chi connectivity index (χ2n) is 11.3. The summed E-state index contributed by atoms with van der Waals surface area (Å²) in [6.45, 7) is -0.716. The summed E-state index contributed by atoms with van der Waals surface area (Å²) in [5, 5.41) is 12.9. The molecule has 19 nitrogen and oxygen atoms in total. The molecule has 326 valence electrons. The Bertz CT molecular complexity index is 2450. The normalized spacial score (nSPS) is 9.98. The number of thiazole rings is 2. The predicted octanol–water partition coefficient (Wildman–Crippen LogP) is 1.55. The fourth-order valence-electron chi connectivity index (χ4n) is 4.71. The molecule has 0 saturated heterocycles. The van der Waals surface area contributed by atoms with Gasteiger partial charge >= 0.3 is 59.4 Å². The summed E-state index contributed by atoms with van der Waals surface area (Å²) in [6.07, 6.45) is 3.30. The van der Waals surface area contributed by atoms with Crippen molar-refractivity contribution in [2.45, 2.75) is 6.73 Å². The van der Waals surface area contributed by atoms with Crippen molar-refractivity contribution < 1.29 is 103 Å². The van der Waals surface area contributed by atoms with Gasteiger partial charge in [0.05, 0.1) is 52.2 Å². The van der Waals surface area contributed by atoms with Gasteiger partial charge in [-0.3, -0.25) is 9.59 Å². The Balaban J connectivity index is 0.000000483. The summed E-state index contributed by atoms with van der Waals surface area (Å²) in [7, 11) is 6.33. The number of esters is 5. The molecular formula is C39H40ClN4NaO15S2. The van der Waals surface area contributed by atoms with Crippen molar-refractivity contribution in [2.75, 3.05) is 61.4 Å². The molecule has 4 heterocycles. The van der Waals surface area contributed by atoms with Crippen LogP contribution < -0.4 is 29.6 Å². The first-order chi connectivity index (χ1) is 29.4. The Kier molecular flexibility index (Phi) is 23.5. The second-order valence-corrected chi connectivity index (χ2v) is 13.3. The minimum atomic E-state index is -0.602. The van der Waals surface area contributed by atoms with E-state index >= 15 is 0 Å². The largest absolute Gasteiger partial charge is 1.00 e. The van der Waals surface area contributed by atoms with E-state index < -0.39 is 36.5 Å². The fourth-order valence-corrected chi connectivity index (χ4v) is 6.27. The zero-order valence-corrected chi connectivity index (χ0v) is 38.6. The number of ketones is 2. The SMILES string of the molecule is COC(=O)CO.COC(=O)COCCl.COC(=O)COCn1cc(C(=O)c2nc(C(=O)OC)cs2)c2ccccc21.COC(=O)c1csc(C(=O)c2c[nH]c3ccccc23)n1.[H-].[Na+]. The fraction of sp³-hybridized carbons (Fsp3) is 0.256. The van der Waals surface area contributed by atoms with Crippen LogP contribution in [0.4, 0.5) is 0 Å². The molecule has 0 spiro atoms. The van der Waals surface area contributed by atoms with Crippen LogP contribution >= 0.6 is 34.3 Å². The van der Waals surface area contributed by atoms with Crippen LogP contribution in [-0.4, -0.2) is 127 Å². The molecule has 4 aromatic heterocycles. The Morgan fingerprint density at radius 2 is 1.19 bits per heavy atom. The van der Waals surface area contributed by atoms with Gasteiger partial charge in [-0.1, -0.05) is 48.0 Å². The monoisotopic (exact) mass is 926 g/mol. The number of aromatic nitrogens is 4. The topological polar surface area (TPSA) is 251 Å². The minimum absolute atomic E-state index is 0. The Hall–Kier alpha value is -5.36. The summed E-state index contributed by atoms with van der Waals surface area (Å²) in [4.78, 5) is 90.4. The number of carbonyl (C=O) groups excluding carboxylic acids is 7. The molecule has 6 rings (SSSR count). The number of aliphatic hydroxyl groups is 1. The number of halogens is 1. The van der Waals surface area contributed by atoms with Gasteiger partial charge in [-0.15, -0.1) is 22.7 Å². The number of alkyl halides is 1. The number of para-hydroxylation sites is 2. The quantitative estimate of drug-likeness (QED) is 0.0517. The molecule has 62 heavy (non-hydrogen) atoms. The van der Waals surface area contributed by atoms with E-state index in [9.17, 15) is 33.6 Å². The van der Waals surface area contributed by atoms with Gasteiger partial charge in [0.15, 0.2) is 21.4 Å². The van der Waals surface area contributed by atoms with E-state index in [1.807, 2.05) is 48.5 Å². The van der Waals surface area contributed by atoms with E-state index in [1.54, 1.807) is 17.0 Å². The molecule has 2 N–H and O–H groups in total. The number of aliphatic hydroxyl groups excluding tert-OH is 1. The third-order valence-electron chi connectivity index (χ3n) is 7.61. The smallest absolute Gasteiger partial charge is 1.00 e. The first-order valence-electron chi connectivity index (χ1n) is 17.2. The molecule has 0 saturated carbocycles. The standard InChI is InChI=1S/C18H16N2O6S.C14H10N2O3S.C4H7ClO3.C3H6O3.Na.H/c1-24-15(21)8-26-10-20-7-12(11-5-3-4-6-14(11)20)16(22)17-19-13(9-27-17)18(23)25-2;1-19-14(18)11-7-20-13(16-11)12(17)9-6-15-10-5-3-2-4-8(9)10;1-7-4(6)2-8-3-5;1-6-3(5)2-4;;/h3-7,9H,8,10H2,1-2H3;2-7,15H,1H3;2-3H2,1H3;4H,2H2,1H3;;/q;;;;+1;-1. The number of benzene rings is 2. The minimum Gasteiger partial charge on any atom is -1.00 e. The molecule has 0 aliphatic rings. The van der Waals surface area contributed by atoms with Crippen LogP contribution in [0.3, 0.4) is 0 Å². The molecule has 23 heteroatoms. The molecular weight excluding hydrogens is 887 g/mol. The summed E-state index contributed by atoms with van der Waals surface area (Å²) in [5.41, 5.74) is 2.89. The van der Waals surface area contributed by atoms with Crippen LogP contribution in [0.2, 0.25) is 0 Å². The number of H-pyrrole nitrogens is 1.